The van der Waals surface area contributed by atoms with E-state index in [0.717, 1.165) is 5.56 Å². The second-order valence-corrected chi connectivity index (χ2v) is 5.03. The van der Waals surface area contributed by atoms with Gasteiger partial charge in [-0.2, -0.15) is 0 Å². The van der Waals surface area contributed by atoms with E-state index >= 15 is 0 Å². The zero-order valence-electron chi connectivity index (χ0n) is 12.8. The first-order chi connectivity index (χ1) is 9.85. The van der Waals surface area contributed by atoms with Crippen molar-refractivity contribution in [2.75, 3.05) is 26.0 Å². The molecular weight excluding hydrogens is 272 g/mol. The van der Waals surface area contributed by atoms with Crippen molar-refractivity contribution in [1.82, 2.24) is 4.90 Å². The number of aliphatic hydroxyl groups excluding tert-OH is 1. The number of hydrogen-bond donors (Lipinski definition) is 2. The lowest BCUT2D eigenvalue weighted by molar-refractivity contribution is -0.145. The van der Waals surface area contributed by atoms with Crippen LogP contribution < -0.4 is 5.32 Å². The van der Waals surface area contributed by atoms with Gasteiger partial charge in [-0.3, -0.25) is 4.79 Å². The van der Waals surface area contributed by atoms with Crippen LogP contribution in [0.3, 0.4) is 0 Å². The summed E-state index contributed by atoms with van der Waals surface area (Å²) in [5.41, 5.74) is 1.41. The molecule has 1 rings (SSSR count). The second kappa shape index (κ2) is 7.64. The van der Waals surface area contributed by atoms with Crippen LogP contribution in [0, 0.1) is 5.92 Å². The van der Waals surface area contributed by atoms with Crippen LogP contribution >= 0.6 is 0 Å². The highest BCUT2D eigenvalue weighted by Gasteiger charge is 2.18. The van der Waals surface area contributed by atoms with Crippen LogP contribution in [0.2, 0.25) is 0 Å². The maximum Gasteiger partial charge on any atom is 0.321 e. The molecule has 0 aliphatic heterocycles. The van der Waals surface area contributed by atoms with Gasteiger partial charge in [-0.25, -0.2) is 4.79 Å². The number of hydrogen-bond acceptors (Lipinski definition) is 4. The Morgan fingerprint density at radius 1 is 1.29 bits per heavy atom. The van der Waals surface area contributed by atoms with Crippen LogP contribution in [0.25, 0.3) is 0 Å². The summed E-state index contributed by atoms with van der Waals surface area (Å²) < 4.78 is 4.63. The highest BCUT2D eigenvalue weighted by atomic mass is 16.5. The number of aliphatic hydroxyl groups is 1. The molecule has 2 unspecified atom stereocenters. The van der Waals surface area contributed by atoms with Gasteiger partial charge in [0.25, 0.3) is 0 Å². The molecule has 6 nitrogen and oxygen atoms in total. The van der Waals surface area contributed by atoms with Crippen molar-refractivity contribution in [3.63, 3.8) is 0 Å². The zero-order valence-corrected chi connectivity index (χ0v) is 12.8. The lowest BCUT2D eigenvalue weighted by atomic mass is 10.1. The number of nitrogens with zero attached hydrogens (tertiary/aromatic N) is 1. The zero-order chi connectivity index (χ0) is 16.0. The molecule has 0 heterocycles. The number of methoxy groups -OCH3 is 1. The fourth-order valence-electron chi connectivity index (χ4n) is 1.83. The van der Waals surface area contributed by atoms with E-state index in [1.807, 2.05) is 0 Å². The van der Waals surface area contributed by atoms with E-state index in [1.54, 1.807) is 45.2 Å². The van der Waals surface area contributed by atoms with Crippen LogP contribution in [0.4, 0.5) is 10.5 Å². The van der Waals surface area contributed by atoms with Crippen molar-refractivity contribution in [3.05, 3.63) is 29.8 Å². The van der Waals surface area contributed by atoms with E-state index in [2.05, 4.69) is 10.1 Å². The number of nitrogens with one attached hydrogen (secondary N) is 1. The largest absolute Gasteiger partial charge is 0.469 e. The molecule has 0 radical (unpaired) electrons. The Bertz CT molecular complexity index is 485. The number of carbonyl (C=O) groups is 2. The van der Waals surface area contributed by atoms with Crippen molar-refractivity contribution >= 4 is 17.7 Å². The molecule has 0 bridgehead atoms. The molecule has 6 heteroatoms. The fraction of sp³-hybridized carbons (Fsp3) is 0.467. The monoisotopic (exact) mass is 294 g/mol. The normalized spacial score (nSPS) is 13.2. The highest BCUT2D eigenvalue weighted by Crippen LogP contribution is 2.16. The first-order valence-corrected chi connectivity index (χ1v) is 6.73. The standard InChI is InChI=1S/C15H22N2O4/c1-10(14(19)21-4)9-17(3)15(20)16-13-7-5-12(6-8-13)11(2)18/h5-8,10-11,18H,9H2,1-4H3,(H,16,20). The van der Waals surface area contributed by atoms with Gasteiger partial charge in [0.1, 0.15) is 0 Å². The lowest BCUT2D eigenvalue weighted by Crippen LogP contribution is -2.37. The summed E-state index contributed by atoms with van der Waals surface area (Å²) in [7, 11) is 2.93. The molecule has 0 aromatic heterocycles. The molecule has 1 aromatic carbocycles. The van der Waals surface area contributed by atoms with Gasteiger partial charge in [0.15, 0.2) is 0 Å². The van der Waals surface area contributed by atoms with Crippen molar-refractivity contribution in [2.24, 2.45) is 5.92 Å². The van der Waals surface area contributed by atoms with Gasteiger partial charge in [0.2, 0.25) is 0 Å². The first kappa shape index (κ1) is 17.0. The van der Waals surface area contributed by atoms with Crippen LogP contribution in [-0.2, 0) is 9.53 Å². The van der Waals surface area contributed by atoms with E-state index in [9.17, 15) is 14.7 Å². The van der Waals surface area contributed by atoms with Gasteiger partial charge in [-0.05, 0) is 24.6 Å². The van der Waals surface area contributed by atoms with Crippen molar-refractivity contribution < 1.29 is 19.4 Å². The molecule has 0 saturated carbocycles. The Hall–Kier alpha value is -2.08. The summed E-state index contributed by atoms with van der Waals surface area (Å²) in [5, 5.41) is 12.1. The number of esters is 1. The Labute approximate surface area is 124 Å². The summed E-state index contributed by atoms with van der Waals surface area (Å²) in [5.74, 6) is -0.737. The number of amides is 2. The third-order valence-corrected chi connectivity index (χ3v) is 3.14. The summed E-state index contributed by atoms with van der Waals surface area (Å²) in [6.07, 6.45) is -0.543. The molecular formula is C15H22N2O4. The van der Waals surface area contributed by atoms with Crippen LogP contribution in [0.5, 0.6) is 0 Å². The maximum atomic E-state index is 12.0. The predicted octanol–water partition coefficient (Wildman–Crippen LogP) is 2.01. The van der Waals surface area contributed by atoms with Crippen LogP contribution in [0.15, 0.2) is 24.3 Å². The smallest absolute Gasteiger partial charge is 0.321 e. The summed E-state index contributed by atoms with van der Waals surface area (Å²) >= 11 is 0. The van der Waals surface area contributed by atoms with Gasteiger partial charge < -0.3 is 20.1 Å². The third-order valence-electron chi connectivity index (χ3n) is 3.14. The van der Waals surface area contributed by atoms with Crippen molar-refractivity contribution in [2.45, 2.75) is 20.0 Å². The Morgan fingerprint density at radius 2 is 1.86 bits per heavy atom. The summed E-state index contributed by atoms with van der Waals surface area (Å²) in [6.45, 7) is 3.65. The van der Waals surface area contributed by atoms with Gasteiger partial charge in [-0.1, -0.05) is 19.1 Å². The number of urea groups is 1. The molecule has 2 atom stereocenters. The molecule has 0 saturated heterocycles. The minimum Gasteiger partial charge on any atom is -0.469 e. The van der Waals surface area contributed by atoms with Crippen molar-refractivity contribution in [1.29, 1.82) is 0 Å². The predicted molar refractivity (Wildman–Crippen MR) is 79.9 cm³/mol. The van der Waals surface area contributed by atoms with Gasteiger partial charge in [0, 0.05) is 19.3 Å². The number of ether oxygens (including phenoxy) is 1. The number of rotatable bonds is 5. The average Bonchev–Trinajstić information content (AvgIpc) is 2.46. The Morgan fingerprint density at radius 3 is 2.33 bits per heavy atom. The van der Waals surface area contributed by atoms with E-state index in [-0.39, 0.29) is 24.5 Å². The Kier molecular flexibility index (Phi) is 6.17. The lowest BCUT2D eigenvalue weighted by Gasteiger charge is -2.21. The second-order valence-electron chi connectivity index (χ2n) is 5.03. The number of carbonyl (C=O) groups excluding carboxylic acids is 2. The summed E-state index contributed by atoms with van der Waals surface area (Å²) in [4.78, 5) is 24.7. The van der Waals surface area contributed by atoms with E-state index in [1.165, 1.54) is 12.0 Å². The molecule has 2 amide bonds. The fourth-order valence-corrected chi connectivity index (χ4v) is 1.83. The third kappa shape index (κ3) is 5.07. The first-order valence-electron chi connectivity index (χ1n) is 6.73. The van der Waals surface area contributed by atoms with Crippen LogP contribution in [0.1, 0.15) is 25.5 Å². The summed E-state index contributed by atoms with van der Waals surface area (Å²) in [6, 6.07) is 6.62. The topological polar surface area (TPSA) is 78.9 Å². The molecule has 0 aliphatic carbocycles. The SMILES string of the molecule is COC(=O)C(C)CN(C)C(=O)Nc1ccc(C(C)O)cc1. The molecule has 2 N–H and O–H groups in total. The molecule has 0 spiro atoms. The highest BCUT2D eigenvalue weighted by molar-refractivity contribution is 5.89. The van der Waals surface area contributed by atoms with Gasteiger partial charge in [-0.15, -0.1) is 0 Å². The van der Waals surface area contributed by atoms with E-state index in [0.29, 0.717) is 5.69 Å². The maximum absolute atomic E-state index is 12.0. The minimum atomic E-state index is -0.543. The quantitative estimate of drug-likeness (QED) is 0.814. The Balaban J connectivity index is 2.57. The minimum absolute atomic E-state index is 0.268. The molecule has 0 aliphatic rings. The van der Waals surface area contributed by atoms with Crippen molar-refractivity contribution in [3.8, 4) is 0 Å². The molecule has 0 fully saturated rings. The van der Waals surface area contributed by atoms with Crippen LogP contribution in [-0.4, -0.2) is 42.7 Å². The molecule has 1 aromatic rings. The number of benzene rings is 1. The average molecular weight is 294 g/mol. The van der Waals surface area contributed by atoms with Gasteiger partial charge >= 0.3 is 12.0 Å². The van der Waals surface area contributed by atoms with E-state index < -0.39 is 6.10 Å². The van der Waals surface area contributed by atoms with E-state index in [4.69, 9.17) is 0 Å². The molecule has 116 valence electrons. The number of anilines is 1. The van der Waals surface area contributed by atoms with Gasteiger partial charge in [0.05, 0.1) is 19.1 Å². The molecule has 21 heavy (non-hydrogen) atoms.